The molecule has 0 saturated carbocycles. The molecule has 0 aliphatic rings. The van der Waals surface area contributed by atoms with Gasteiger partial charge in [-0.05, 0) is 23.8 Å². The molecule has 2 rings (SSSR count). The Hall–Kier alpha value is -2.04. The van der Waals surface area contributed by atoms with Crippen LogP contribution in [0.5, 0.6) is 5.75 Å². The molecule has 20 heavy (non-hydrogen) atoms. The Morgan fingerprint density at radius 1 is 1.20 bits per heavy atom. The Balaban J connectivity index is 2.09. The summed E-state index contributed by atoms with van der Waals surface area (Å²) in [6.45, 7) is -0.0358. The summed E-state index contributed by atoms with van der Waals surface area (Å²) in [6, 6.07) is 13.3. The number of halogens is 1. The first kappa shape index (κ1) is 14.4. The van der Waals surface area contributed by atoms with E-state index in [4.69, 9.17) is 21.4 Å². The molecule has 0 aromatic heterocycles. The SMILES string of the molecule is O=C(O)c1cc(Cl)ccc1OCC(O)c1ccccc1. The topological polar surface area (TPSA) is 66.8 Å². The quantitative estimate of drug-likeness (QED) is 0.888. The molecule has 0 fully saturated rings. The third kappa shape index (κ3) is 3.50. The molecule has 0 saturated heterocycles. The highest BCUT2D eigenvalue weighted by Gasteiger charge is 2.14. The van der Waals surface area contributed by atoms with E-state index in [1.165, 1.54) is 18.2 Å². The van der Waals surface area contributed by atoms with Gasteiger partial charge in [0.2, 0.25) is 0 Å². The van der Waals surface area contributed by atoms with Gasteiger partial charge in [0, 0.05) is 5.02 Å². The largest absolute Gasteiger partial charge is 0.490 e. The van der Waals surface area contributed by atoms with Crippen molar-refractivity contribution in [3.05, 3.63) is 64.7 Å². The minimum absolute atomic E-state index is 0.0299. The van der Waals surface area contributed by atoms with Gasteiger partial charge in [0.25, 0.3) is 0 Å². The molecule has 0 bridgehead atoms. The molecule has 0 heterocycles. The molecule has 104 valence electrons. The standard InChI is InChI=1S/C15H13ClO4/c16-11-6-7-14(12(8-11)15(18)19)20-9-13(17)10-4-2-1-3-5-10/h1-8,13,17H,9H2,(H,18,19). The Bertz CT molecular complexity index is 598. The van der Waals surface area contributed by atoms with Gasteiger partial charge in [0.05, 0.1) is 0 Å². The zero-order valence-corrected chi connectivity index (χ0v) is 11.2. The van der Waals surface area contributed by atoms with Crippen molar-refractivity contribution >= 4 is 17.6 Å². The molecule has 0 aliphatic heterocycles. The number of hydrogen-bond donors (Lipinski definition) is 2. The number of hydrogen-bond acceptors (Lipinski definition) is 3. The first-order chi connectivity index (χ1) is 9.58. The van der Waals surface area contributed by atoms with Crippen molar-refractivity contribution in [2.75, 3.05) is 6.61 Å². The lowest BCUT2D eigenvalue weighted by molar-refractivity contribution is 0.0683. The molecule has 1 atom stereocenters. The maximum absolute atomic E-state index is 11.1. The summed E-state index contributed by atoms with van der Waals surface area (Å²) in [5, 5.41) is 19.4. The molecular weight excluding hydrogens is 280 g/mol. The maximum Gasteiger partial charge on any atom is 0.339 e. The number of ether oxygens (including phenoxy) is 1. The highest BCUT2D eigenvalue weighted by atomic mass is 35.5. The van der Waals surface area contributed by atoms with Crippen LogP contribution in [0.2, 0.25) is 5.02 Å². The molecule has 2 N–H and O–H groups in total. The van der Waals surface area contributed by atoms with Crippen molar-refractivity contribution in [1.82, 2.24) is 0 Å². The zero-order valence-electron chi connectivity index (χ0n) is 10.5. The molecule has 2 aromatic rings. The first-order valence-electron chi connectivity index (χ1n) is 5.96. The average molecular weight is 293 g/mol. The van der Waals surface area contributed by atoms with Crippen LogP contribution in [-0.4, -0.2) is 22.8 Å². The van der Waals surface area contributed by atoms with Gasteiger partial charge in [-0.1, -0.05) is 41.9 Å². The lowest BCUT2D eigenvalue weighted by Gasteiger charge is -2.14. The Morgan fingerprint density at radius 2 is 1.90 bits per heavy atom. The molecule has 2 aromatic carbocycles. The summed E-state index contributed by atoms with van der Waals surface area (Å²) in [6.07, 6.45) is -0.825. The number of rotatable bonds is 5. The Morgan fingerprint density at radius 3 is 2.55 bits per heavy atom. The van der Waals surface area contributed by atoms with E-state index < -0.39 is 12.1 Å². The van der Waals surface area contributed by atoms with Crippen LogP contribution in [0.15, 0.2) is 48.5 Å². The van der Waals surface area contributed by atoms with Gasteiger partial charge in [0.15, 0.2) is 0 Å². The first-order valence-corrected chi connectivity index (χ1v) is 6.34. The summed E-state index contributed by atoms with van der Waals surface area (Å²) < 4.78 is 5.38. The molecule has 0 aliphatic carbocycles. The second-order valence-corrected chi connectivity index (χ2v) is 4.62. The summed E-state index contributed by atoms with van der Waals surface area (Å²) in [5.41, 5.74) is 0.677. The number of aromatic carboxylic acids is 1. The van der Waals surface area contributed by atoms with E-state index in [-0.39, 0.29) is 17.9 Å². The smallest absolute Gasteiger partial charge is 0.339 e. The molecule has 0 radical (unpaired) electrons. The average Bonchev–Trinajstić information content (AvgIpc) is 2.46. The van der Waals surface area contributed by atoms with Crippen LogP contribution in [0, 0.1) is 0 Å². The lowest BCUT2D eigenvalue weighted by Crippen LogP contribution is -2.11. The fraction of sp³-hybridized carbons (Fsp3) is 0.133. The predicted octanol–water partition coefficient (Wildman–Crippen LogP) is 3.15. The van der Waals surface area contributed by atoms with Crippen LogP contribution >= 0.6 is 11.6 Å². The maximum atomic E-state index is 11.1. The van der Waals surface area contributed by atoms with E-state index in [1.54, 1.807) is 12.1 Å². The van der Waals surface area contributed by atoms with E-state index in [2.05, 4.69) is 0 Å². The molecule has 4 nitrogen and oxygen atoms in total. The molecule has 0 amide bonds. The third-order valence-corrected chi connectivity index (χ3v) is 2.99. The van der Waals surface area contributed by atoms with E-state index in [1.807, 2.05) is 18.2 Å². The van der Waals surface area contributed by atoms with Gasteiger partial charge in [-0.2, -0.15) is 0 Å². The van der Waals surface area contributed by atoms with E-state index >= 15 is 0 Å². The minimum atomic E-state index is -1.13. The van der Waals surface area contributed by atoms with Crippen LogP contribution in [0.4, 0.5) is 0 Å². The lowest BCUT2D eigenvalue weighted by atomic mass is 10.1. The van der Waals surface area contributed by atoms with Crippen LogP contribution in [0.3, 0.4) is 0 Å². The Kier molecular flexibility index (Phi) is 4.61. The molecule has 5 heteroatoms. The van der Waals surface area contributed by atoms with Crippen LogP contribution in [-0.2, 0) is 0 Å². The van der Waals surface area contributed by atoms with Crippen molar-refractivity contribution in [1.29, 1.82) is 0 Å². The summed E-state index contributed by atoms with van der Waals surface area (Å²) in [5.74, 6) is -0.950. The fourth-order valence-electron chi connectivity index (χ4n) is 1.74. The van der Waals surface area contributed by atoms with Gasteiger partial charge in [-0.3, -0.25) is 0 Å². The van der Waals surface area contributed by atoms with Gasteiger partial charge in [-0.25, -0.2) is 4.79 Å². The second kappa shape index (κ2) is 6.41. The minimum Gasteiger partial charge on any atom is -0.490 e. The molecule has 0 spiro atoms. The van der Waals surface area contributed by atoms with Crippen molar-refractivity contribution < 1.29 is 19.7 Å². The highest BCUT2D eigenvalue weighted by Crippen LogP contribution is 2.24. The second-order valence-electron chi connectivity index (χ2n) is 4.18. The monoisotopic (exact) mass is 292 g/mol. The number of carboxylic acids is 1. The molecular formula is C15H13ClO4. The van der Waals surface area contributed by atoms with E-state index in [0.717, 1.165) is 0 Å². The number of carboxylic acid groups (broad SMARTS) is 1. The van der Waals surface area contributed by atoms with Gasteiger partial charge < -0.3 is 14.9 Å². The van der Waals surface area contributed by atoms with Gasteiger partial charge >= 0.3 is 5.97 Å². The van der Waals surface area contributed by atoms with Gasteiger partial charge in [0.1, 0.15) is 24.0 Å². The van der Waals surface area contributed by atoms with Crippen LogP contribution < -0.4 is 4.74 Å². The number of carbonyl (C=O) groups is 1. The van der Waals surface area contributed by atoms with Crippen LogP contribution in [0.25, 0.3) is 0 Å². The predicted molar refractivity (Wildman–Crippen MR) is 75.3 cm³/mol. The normalized spacial score (nSPS) is 11.9. The van der Waals surface area contributed by atoms with Crippen molar-refractivity contribution in [2.24, 2.45) is 0 Å². The zero-order chi connectivity index (χ0) is 14.5. The van der Waals surface area contributed by atoms with Crippen LogP contribution in [0.1, 0.15) is 22.0 Å². The van der Waals surface area contributed by atoms with Gasteiger partial charge in [-0.15, -0.1) is 0 Å². The number of aliphatic hydroxyl groups excluding tert-OH is 1. The fourth-order valence-corrected chi connectivity index (χ4v) is 1.91. The molecule has 1 unspecified atom stereocenters. The van der Waals surface area contributed by atoms with Crippen molar-refractivity contribution in [2.45, 2.75) is 6.10 Å². The third-order valence-electron chi connectivity index (χ3n) is 2.75. The number of aliphatic hydroxyl groups is 1. The van der Waals surface area contributed by atoms with E-state index in [9.17, 15) is 9.90 Å². The summed E-state index contributed by atoms with van der Waals surface area (Å²) >= 11 is 5.75. The van der Waals surface area contributed by atoms with Crippen molar-refractivity contribution in [3.8, 4) is 5.75 Å². The summed E-state index contributed by atoms with van der Waals surface area (Å²) in [7, 11) is 0. The summed E-state index contributed by atoms with van der Waals surface area (Å²) in [4.78, 5) is 11.1. The highest BCUT2D eigenvalue weighted by molar-refractivity contribution is 6.31. The van der Waals surface area contributed by atoms with E-state index in [0.29, 0.717) is 10.6 Å². The Labute approximate surface area is 121 Å². The van der Waals surface area contributed by atoms with Crippen molar-refractivity contribution in [3.63, 3.8) is 0 Å². The number of benzene rings is 2.